The molecule has 4 unspecified atom stereocenters. The van der Waals surface area contributed by atoms with Gasteiger partial charge in [0.05, 0.1) is 5.92 Å². The van der Waals surface area contributed by atoms with Crippen molar-refractivity contribution in [3.05, 3.63) is 45.6 Å². The van der Waals surface area contributed by atoms with Crippen LogP contribution in [0.15, 0.2) is 34.4 Å². The lowest BCUT2D eigenvalue weighted by molar-refractivity contribution is -0.152. The molecule has 2 bridgehead atoms. The maximum Gasteiger partial charge on any atom is 0.311 e. The van der Waals surface area contributed by atoms with Crippen LogP contribution in [0.2, 0.25) is 0 Å². The second kappa shape index (κ2) is 7.34. The highest BCUT2D eigenvalue weighted by molar-refractivity contribution is 14.1. The molecule has 1 aromatic rings. The zero-order valence-corrected chi connectivity index (χ0v) is 15.9. The van der Waals surface area contributed by atoms with E-state index in [0.717, 1.165) is 12.8 Å². The van der Waals surface area contributed by atoms with Gasteiger partial charge in [0.15, 0.2) is 0 Å². The van der Waals surface area contributed by atoms with E-state index in [1.165, 1.54) is 17.5 Å². The Hall–Kier alpha value is -0.880. The number of halogens is 1. The van der Waals surface area contributed by atoms with Crippen molar-refractivity contribution in [2.45, 2.75) is 44.2 Å². The van der Waals surface area contributed by atoms with E-state index in [-0.39, 0.29) is 17.8 Å². The van der Waals surface area contributed by atoms with E-state index >= 15 is 0 Å². The predicted octanol–water partition coefficient (Wildman–Crippen LogP) is 4.05. The van der Waals surface area contributed by atoms with Gasteiger partial charge in [0.25, 0.3) is 0 Å². The molecule has 3 rings (SSSR count). The van der Waals surface area contributed by atoms with Crippen LogP contribution < -0.4 is 0 Å². The molecule has 0 aliphatic carbocycles. The third kappa shape index (κ3) is 3.48. The van der Waals surface area contributed by atoms with Gasteiger partial charge in [-0.3, -0.25) is 9.69 Å². The molecule has 0 amide bonds. The van der Waals surface area contributed by atoms with E-state index in [9.17, 15) is 4.79 Å². The van der Waals surface area contributed by atoms with Gasteiger partial charge in [-0.25, -0.2) is 0 Å². The van der Waals surface area contributed by atoms with Crippen molar-refractivity contribution in [1.29, 1.82) is 0 Å². The van der Waals surface area contributed by atoms with E-state index in [2.05, 4.69) is 65.7 Å². The molecule has 2 aliphatic heterocycles. The average molecular weight is 425 g/mol. The quantitative estimate of drug-likeness (QED) is 0.539. The summed E-state index contributed by atoms with van der Waals surface area (Å²) in [7, 11) is 2.17. The van der Waals surface area contributed by atoms with Crippen molar-refractivity contribution in [2.24, 2.45) is 5.92 Å². The number of nitrogens with zero attached hydrogens (tertiary/aromatic N) is 1. The molecule has 2 fully saturated rings. The molecule has 2 saturated heterocycles. The minimum atomic E-state index is -0.0518. The number of rotatable bonds is 4. The molecule has 2 aliphatic rings. The van der Waals surface area contributed by atoms with Crippen molar-refractivity contribution < 1.29 is 9.53 Å². The first kappa shape index (κ1) is 17.0. The Labute approximate surface area is 152 Å². The molecule has 23 heavy (non-hydrogen) atoms. The molecule has 4 atom stereocenters. The normalized spacial score (nSPS) is 30.7. The van der Waals surface area contributed by atoms with Crippen molar-refractivity contribution in [2.75, 3.05) is 13.7 Å². The lowest BCUT2D eigenvalue weighted by Gasteiger charge is -2.41. The fourth-order valence-electron chi connectivity index (χ4n) is 4.21. The summed E-state index contributed by atoms with van der Waals surface area (Å²) in [5.74, 6) is 0.187. The molecule has 0 N–H and O–H groups in total. The second-order valence-corrected chi connectivity index (χ2v) is 7.45. The molecule has 3 nitrogen and oxygen atoms in total. The van der Waals surface area contributed by atoms with Gasteiger partial charge < -0.3 is 4.74 Å². The Kier molecular flexibility index (Phi) is 5.42. The second-order valence-electron chi connectivity index (χ2n) is 6.73. The van der Waals surface area contributed by atoms with E-state index in [1.807, 2.05) is 10.2 Å². The van der Waals surface area contributed by atoms with Gasteiger partial charge >= 0.3 is 5.97 Å². The Morgan fingerprint density at radius 1 is 1.35 bits per heavy atom. The molecule has 124 valence electrons. The van der Waals surface area contributed by atoms with Crippen LogP contribution in [0.1, 0.15) is 36.3 Å². The monoisotopic (exact) mass is 425 g/mol. The van der Waals surface area contributed by atoms with E-state index in [0.29, 0.717) is 18.7 Å². The third-order valence-corrected chi connectivity index (χ3v) is 5.97. The Morgan fingerprint density at radius 2 is 2.09 bits per heavy atom. The van der Waals surface area contributed by atoms with Gasteiger partial charge in [-0.2, -0.15) is 0 Å². The van der Waals surface area contributed by atoms with Crippen LogP contribution in [0, 0.1) is 12.8 Å². The highest BCUT2D eigenvalue weighted by Crippen LogP contribution is 2.46. The number of ether oxygens (including phenoxy) is 1. The summed E-state index contributed by atoms with van der Waals surface area (Å²) in [6.45, 7) is 2.48. The van der Waals surface area contributed by atoms with Crippen LogP contribution in [-0.2, 0) is 9.53 Å². The molecule has 0 saturated carbocycles. The number of fused-ring (bicyclic) bond motifs is 2. The number of hydrogen-bond acceptors (Lipinski definition) is 3. The largest absolute Gasteiger partial charge is 0.461 e. The summed E-state index contributed by atoms with van der Waals surface area (Å²) in [5.41, 5.74) is 2.54. The molecule has 1 aromatic carbocycles. The van der Waals surface area contributed by atoms with Crippen LogP contribution in [0.4, 0.5) is 0 Å². The van der Waals surface area contributed by atoms with Gasteiger partial charge in [-0.15, -0.1) is 0 Å². The molecule has 0 radical (unpaired) electrons. The lowest BCUT2D eigenvalue weighted by atomic mass is 9.76. The number of esters is 1. The first-order valence-electron chi connectivity index (χ1n) is 8.32. The Balaban J connectivity index is 1.86. The van der Waals surface area contributed by atoms with Crippen LogP contribution >= 0.6 is 22.6 Å². The zero-order chi connectivity index (χ0) is 16.4. The summed E-state index contributed by atoms with van der Waals surface area (Å²) in [6.07, 6.45) is 5.23. The summed E-state index contributed by atoms with van der Waals surface area (Å²) in [4.78, 5) is 15.2. The Bertz CT molecular complexity index is 584. The van der Waals surface area contributed by atoms with Gasteiger partial charge in [-0.1, -0.05) is 52.4 Å². The van der Waals surface area contributed by atoms with Gasteiger partial charge in [0, 0.05) is 18.0 Å². The van der Waals surface area contributed by atoms with Crippen LogP contribution in [0.3, 0.4) is 0 Å². The summed E-state index contributed by atoms with van der Waals surface area (Å²) >= 11 is 2.15. The SMILES string of the molecule is Cc1ccc(C2CC3CCC(C2C(=O)OC/C=C/I)N3C)cc1. The minimum Gasteiger partial charge on any atom is -0.461 e. The number of benzene rings is 1. The lowest BCUT2D eigenvalue weighted by Crippen LogP contribution is -2.49. The van der Waals surface area contributed by atoms with Crippen LogP contribution in [0.25, 0.3) is 0 Å². The molecular formula is C19H24INO2. The van der Waals surface area contributed by atoms with Crippen LogP contribution in [0.5, 0.6) is 0 Å². The number of carbonyl (C=O) groups excluding carboxylic acids is 1. The van der Waals surface area contributed by atoms with Crippen molar-refractivity contribution >= 4 is 28.6 Å². The van der Waals surface area contributed by atoms with Crippen LogP contribution in [-0.4, -0.2) is 36.6 Å². The van der Waals surface area contributed by atoms with Gasteiger partial charge in [0.1, 0.15) is 6.61 Å². The fraction of sp³-hybridized carbons (Fsp3) is 0.526. The van der Waals surface area contributed by atoms with Gasteiger partial charge in [0.2, 0.25) is 0 Å². The topological polar surface area (TPSA) is 29.5 Å². The Morgan fingerprint density at radius 3 is 2.78 bits per heavy atom. The maximum atomic E-state index is 12.8. The van der Waals surface area contributed by atoms with Crippen molar-refractivity contribution in [3.8, 4) is 0 Å². The standard InChI is InChI=1S/C19H24INO2/c1-13-4-6-14(7-5-13)16-12-15-8-9-17(21(15)2)18(16)19(22)23-11-3-10-20/h3-7,10,15-18H,8-9,11-12H2,1-2H3/b10-3+. The van der Waals surface area contributed by atoms with Crippen molar-refractivity contribution in [3.63, 3.8) is 0 Å². The summed E-state index contributed by atoms with van der Waals surface area (Å²) < 4.78 is 7.43. The highest BCUT2D eigenvalue weighted by Gasteiger charge is 2.49. The van der Waals surface area contributed by atoms with Gasteiger partial charge in [-0.05, 0) is 49.0 Å². The van der Waals surface area contributed by atoms with E-state index in [4.69, 9.17) is 4.74 Å². The first-order valence-corrected chi connectivity index (χ1v) is 9.56. The summed E-state index contributed by atoms with van der Waals surface area (Å²) in [6, 6.07) is 9.60. The summed E-state index contributed by atoms with van der Waals surface area (Å²) in [5, 5.41) is 0. The predicted molar refractivity (Wildman–Crippen MR) is 101 cm³/mol. The first-order chi connectivity index (χ1) is 11.1. The number of carbonyl (C=O) groups is 1. The van der Waals surface area contributed by atoms with Crippen molar-refractivity contribution in [1.82, 2.24) is 4.90 Å². The number of hydrogen-bond donors (Lipinski definition) is 0. The number of aryl methyl sites for hydroxylation is 1. The minimum absolute atomic E-state index is 0.0396. The maximum absolute atomic E-state index is 12.8. The molecule has 0 aromatic heterocycles. The third-order valence-electron chi connectivity index (χ3n) is 5.46. The molecule has 2 heterocycles. The highest BCUT2D eigenvalue weighted by atomic mass is 127. The average Bonchev–Trinajstić information content (AvgIpc) is 2.78. The fourth-order valence-corrected chi connectivity index (χ4v) is 4.41. The van der Waals surface area contributed by atoms with E-state index in [1.54, 1.807) is 0 Å². The molecular weight excluding hydrogens is 401 g/mol. The zero-order valence-electron chi connectivity index (χ0n) is 13.7. The molecule has 4 heteroatoms. The van der Waals surface area contributed by atoms with E-state index < -0.39 is 0 Å². The smallest absolute Gasteiger partial charge is 0.311 e. The number of piperidine rings is 1. The molecule has 0 spiro atoms.